The van der Waals surface area contributed by atoms with Gasteiger partial charge < -0.3 is 24.8 Å². The molecular formula is C41H72O5. The molecule has 0 aliphatic heterocycles. The fourth-order valence-corrected chi connectivity index (χ4v) is 5.05. The Labute approximate surface area is 284 Å². The maximum absolute atomic E-state index is 9.74. The summed E-state index contributed by atoms with van der Waals surface area (Å²) in [6.45, 7) is 9.08. The molecular weight excluding hydrogens is 572 g/mol. The lowest BCUT2D eigenvalue weighted by atomic mass is 10.1. The average Bonchev–Trinajstić information content (AvgIpc) is 3.07. The van der Waals surface area contributed by atoms with Crippen LogP contribution in [0.25, 0.3) is 0 Å². The van der Waals surface area contributed by atoms with Crippen molar-refractivity contribution in [2.24, 2.45) is 0 Å². The predicted molar refractivity (Wildman–Crippen MR) is 197 cm³/mol. The van der Waals surface area contributed by atoms with E-state index in [1.165, 1.54) is 153 Å². The molecule has 0 fully saturated rings. The standard InChI is InChI=1S/C15H16O5.2C13H28/c16-11(9-19-14-7-3-1-5-12(14)17)10-20-15-8-4-2-6-13(15)18;2*1-3-5-7-9-11-13-12-10-8-6-4-2/h1-8,11,16-18H,9-10H2;2*3-13H2,1-2H3. The maximum Gasteiger partial charge on any atom is 0.161 e. The van der Waals surface area contributed by atoms with E-state index in [-0.39, 0.29) is 24.7 Å². The van der Waals surface area contributed by atoms with Gasteiger partial charge in [-0.2, -0.15) is 0 Å². The van der Waals surface area contributed by atoms with Crippen molar-refractivity contribution < 1.29 is 24.8 Å². The minimum Gasteiger partial charge on any atom is -0.504 e. The zero-order valence-electron chi connectivity index (χ0n) is 30.3. The largest absolute Gasteiger partial charge is 0.504 e. The first-order valence-corrected chi connectivity index (χ1v) is 19.0. The minimum absolute atomic E-state index is 0.0151. The molecule has 0 saturated carbocycles. The number of unbranched alkanes of at least 4 members (excludes halogenated alkanes) is 20. The Hall–Kier alpha value is -2.40. The highest BCUT2D eigenvalue weighted by Gasteiger charge is 2.10. The number of benzene rings is 2. The molecule has 5 nitrogen and oxygen atoms in total. The Morgan fingerprint density at radius 3 is 0.891 bits per heavy atom. The summed E-state index contributed by atoms with van der Waals surface area (Å²) in [4.78, 5) is 0. The SMILES string of the molecule is CCCCCCCCCCCCC.CCCCCCCCCCCCC.Oc1ccccc1OCC(O)COc1ccccc1O. The lowest BCUT2D eigenvalue weighted by Gasteiger charge is -2.14. The number of hydrogen-bond acceptors (Lipinski definition) is 5. The molecule has 46 heavy (non-hydrogen) atoms. The van der Waals surface area contributed by atoms with Crippen molar-refractivity contribution in [3.63, 3.8) is 0 Å². The highest BCUT2D eigenvalue weighted by atomic mass is 16.5. The molecule has 5 heteroatoms. The first-order chi connectivity index (χ1) is 22.5. The number of phenols is 2. The third-order valence-electron chi connectivity index (χ3n) is 8.01. The Morgan fingerprint density at radius 1 is 0.413 bits per heavy atom. The van der Waals surface area contributed by atoms with Gasteiger partial charge in [0.25, 0.3) is 0 Å². The number of aromatic hydroxyl groups is 2. The van der Waals surface area contributed by atoms with Gasteiger partial charge in [-0.1, -0.05) is 193 Å². The molecule has 0 aromatic heterocycles. The number of aliphatic hydroxyl groups excluding tert-OH is 1. The van der Waals surface area contributed by atoms with Gasteiger partial charge in [-0.25, -0.2) is 0 Å². The van der Waals surface area contributed by atoms with Crippen molar-refractivity contribution in [1.82, 2.24) is 0 Å². The summed E-state index contributed by atoms with van der Waals surface area (Å²) in [5.41, 5.74) is 0. The number of ether oxygens (including phenoxy) is 2. The second-order valence-corrected chi connectivity index (χ2v) is 12.6. The molecule has 0 aliphatic rings. The summed E-state index contributed by atoms with van der Waals surface area (Å²) in [5, 5.41) is 28.7. The fourth-order valence-electron chi connectivity index (χ4n) is 5.05. The van der Waals surface area contributed by atoms with Gasteiger partial charge in [0, 0.05) is 0 Å². The van der Waals surface area contributed by atoms with Gasteiger partial charge in [0.1, 0.15) is 19.3 Å². The fraction of sp³-hybridized carbons (Fsp3) is 0.707. The lowest BCUT2D eigenvalue weighted by Crippen LogP contribution is -2.25. The third-order valence-corrected chi connectivity index (χ3v) is 8.01. The van der Waals surface area contributed by atoms with E-state index < -0.39 is 6.10 Å². The monoisotopic (exact) mass is 645 g/mol. The molecule has 2 rings (SSSR count). The normalized spacial score (nSPS) is 10.6. The molecule has 0 radical (unpaired) electrons. The second-order valence-electron chi connectivity index (χ2n) is 12.6. The summed E-state index contributed by atoms with van der Waals surface area (Å²) >= 11 is 0. The van der Waals surface area contributed by atoms with Crippen LogP contribution in [-0.4, -0.2) is 34.6 Å². The number of para-hydroxylation sites is 4. The van der Waals surface area contributed by atoms with Gasteiger partial charge in [0.15, 0.2) is 23.0 Å². The zero-order chi connectivity index (χ0) is 33.9. The van der Waals surface area contributed by atoms with Crippen molar-refractivity contribution >= 4 is 0 Å². The summed E-state index contributed by atoms with van der Waals surface area (Å²) in [5.74, 6) is 0.630. The van der Waals surface area contributed by atoms with Crippen molar-refractivity contribution in [2.45, 2.75) is 175 Å². The minimum atomic E-state index is -0.880. The van der Waals surface area contributed by atoms with Gasteiger partial charge >= 0.3 is 0 Å². The Balaban J connectivity index is 0.000000691. The maximum atomic E-state index is 9.74. The number of rotatable bonds is 26. The molecule has 0 aliphatic carbocycles. The third kappa shape index (κ3) is 27.9. The summed E-state index contributed by atoms with van der Waals surface area (Å²) < 4.78 is 10.5. The van der Waals surface area contributed by atoms with E-state index in [4.69, 9.17) is 9.47 Å². The highest BCUT2D eigenvalue weighted by molar-refractivity contribution is 5.38. The van der Waals surface area contributed by atoms with E-state index in [9.17, 15) is 15.3 Å². The van der Waals surface area contributed by atoms with Crippen LogP contribution in [0.3, 0.4) is 0 Å². The number of phenolic OH excluding ortho intramolecular Hbond substituents is 2. The van der Waals surface area contributed by atoms with Crippen molar-refractivity contribution in [2.75, 3.05) is 13.2 Å². The van der Waals surface area contributed by atoms with Gasteiger partial charge in [-0.3, -0.25) is 0 Å². The molecule has 0 saturated heterocycles. The van der Waals surface area contributed by atoms with Crippen LogP contribution in [0, 0.1) is 0 Å². The second kappa shape index (κ2) is 33.9. The van der Waals surface area contributed by atoms with Crippen LogP contribution in [0.1, 0.15) is 169 Å². The van der Waals surface area contributed by atoms with E-state index in [0.29, 0.717) is 11.5 Å². The van der Waals surface area contributed by atoms with Crippen molar-refractivity contribution in [3.05, 3.63) is 48.5 Å². The first kappa shape index (κ1) is 43.6. The highest BCUT2D eigenvalue weighted by Crippen LogP contribution is 2.26. The molecule has 2 aromatic carbocycles. The molecule has 3 N–H and O–H groups in total. The quantitative estimate of drug-likeness (QED) is 0.0888. The average molecular weight is 645 g/mol. The van der Waals surface area contributed by atoms with Crippen LogP contribution in [-0.2, 0) is 0 Å². The van der Waals surface area contributed by atoms with E-state index in [2.05, 4.69) is 27.7 Å². The van der Waals surface area contributed by atoms with E-state index in [0.717, 1.165) is 0 Å². The predicted octanol–water partition coefficient (Wildman–Crippen LogP) is 12.6. The molecule has 0 heterocycles. The molecule has 0 atom stereocenters. The van der Waals surface area contributed by atoms with Crippen molar-refractivity contribution in [1.29, 1.82) is 0 Å². The number of aliphatic hydroxyl groups is 1. The Bertz CT molecular complexity index is 795. The molecule has 2 aromatic rings. The van der Waals surface area contributed by atoms with Crippen LogP contribution >= 0.6 is 0 Å². The smallest absolute Gasteiger partial charge is 0.161 e. The van der Waals surface area contributed by atoms with Crippen molar-refractivity contribution in [3.8, 4) is 23.0 Å². The summed E-state index contributed by atoms with van der Waals surface area (Å²) in [6, 6.07) is 13.0. The van der Waals surface area contributed by atoms with Gasteiger partial charge in [-0.05, 0) is 24.3 Å². The van der Waals surface area contributed by atoms with Gasteiger partial charge in [-0.15, -0.1) is 0 Å². The molecule has 0 amide bonds. The Kier molecular flexibility index (Phi) is 32.2. The molecule has 266 valence electrons. The molecule has 0 unspecified atom stereocenters. The van der Waals surface area contributed by atoms with Crippen LogP contribution in [0.2, 0.25) is 0 Å². The number of hydrogen-bond donors (Lipinski definition) is 3. The first-order valence-electron chi connectivity index (χ1n) is 19.0. The van der Waals surface area contributed by atoms with Crippen LogP contribution in [0.4, 0.5) is 0 Å². The summed E-state index contributed by atoms with van der Waals surface area (Å²) in [6.07, 6.45) is 31.0. The zero-order valence-corrected chi connectivity index (χ0v) is 30.3. The van der Waals surface area contributed by atoms with Gasteiger partial charge in [0.2, 0.25) is 0 Å². The van der Waals surface area contributed by atoms with Crippen LogP contribution in [0.15, 0.2) is 48.5 Å². The molecule has 0 spiro atoms. The summed E-state index contributed by atoms with van der Waals surface area (Å²) in [7, 11) is 0. The van der Waals surface area contributed by atoms with E-state index in [1.54, 1.807) is 36.4 Å². The topological polar surface area (TPSA) is 79.2 Å². The molecule has 0 bridgehead atoms. The Morgan fingerprint density at radius 2 is 0.652 bits per heavy atom. The van der Waals surface area contributed by atoms with E-state index >= 15 is 0 Å². The van der Waals surface area contributed by atoms with Crippen LogP contribution in [0.5, 0.6) is 23.0 Å². The van der Waals surface area contributed by atoms with Gasteiger partial charge in [0.05, 0.1) is 0 Å². The van der Waals surface area contributed by atoms with E-state index in [1.807, 2.05) is 0 Å². The lowest BCUT2D eigenvalue weighted by molar-refractivity contribution is 0.0608. The van der Waals surface area contributed by atoms with Crippen LogP contribution < -0.4 is 9.47 Å².